The van der Waals surface area contributed by atoms with Gasteiger partial charge in [-0.2, -0.15) is 0 Å². The van der Waals surface area contributed by atoms with Crippen LogP contribution in [-0.4, -0.2) is 14.2 Å². The molecular weight excluding hydrogens is 338 g/mol. The summed E-state index contributed by atoms with van der Waals surface area (Å²) in [5, 5.41) is 0.534. The Bertz CT molecular complexity index is 550. The Morgan fingerprint density at radius 1 is 1.33 bits per heavy atom. The molecule has 0 amide bonds. The second kappa shape index (κ2) is 5.39. The third-order valence-corrected chi connectivity index (χ3v) is 4.98. The van der Waals surface area contributed by atoms with Crippen molar-refractivity contribution < 1.29 is 8.42 Å². The van der Waals surface area contributed by atoms with Crippen molar-refractivity contribution in [3.8, 4) is 0 Å². The van der Waals surface area contributed by atoms with Crippen LogP contribution in [0.2, 0.25) is 5.02 Å². The van der Waals surface area contributed by atoms with Crippen molar-refractivity contribution in [1.82, 2.24) is 0 Å². The molecule has 0 atom stereocenters. The molecule has 1 N–H and O–H groups in total. The Hall–Kier alpha value is -0.260. The lowest BCUT2D eigenvalue weighted by Crippen LogP contribution is -2.26. The Morgan fingerprint density at radius 3 is 2.39 bits per heavy atom. The first-order valence-electron chi connectivity index (χ1n) is 5.46. The van der Waals surface area contributed by atoms with Crippen LogP contribution >= 0.6 is 27.5 Å². The molecule has 0 aliphatic rings. The zero-order chi connectivity index (χ0) is 14.1. The summed E-state index contributed by atoms with van der Waals surface area (Å²) in [7, 11) is -3.38. The van der Waals surface area contributed by atoms with Gasteiger partial charge in [-0.05, 0) is 46.0 Å². The van der Waals surface area contributed by atoms with Gasteiger partial charge in [0.05, 0.1) is 11.4 Å². The number of sulfonamides is 1. The van der Waals surface area contributed by atoms with Gasteiger partial charge in [0.25, 0.3) is 0 Å². The van der Waals surface area contributed by atoms with Crippen molar-refractivity contribution in [3.63, 3.8) is 0 Å². The lowest BCUT2D eigenvalue weighted by atomic mass is 10.0. The van der Waals surface area contributed by atoms with Gasteiger partial charge in [0.15, 0.2) is 0 Å². The molecule has 0 heterocycles. The van der Waals surface area contributed by atoms with E-state index in [1.54, 1.807) is 12.1 Å². The maximum Gasteiger partial charge on any atom is 0.233 e. The summed E-state index contributed by atoms with van der Waals surface area (Å²) in [6.45, 7) is 7.50. The minimum Gasteiger partial charge on any atom is -0.282 e. The van der Waals surface area contributed by atoms with Gasteiger partial charge < -0.3 is 0 Å². The summed E-state index contributed by atoms with van der Waals surface area (Å²) in [6.07, 6.45) is 0. The molecule has 0 spiro atoms. The van der Waals surface area contributed by atoms with Crippen LogP contribution in [-0.2, 0) is 10.0 Å². The maximum atomic E-state index is 12.0. The Kier molecular flexibility index (Phi) is 4.73. The SMILES string of the molecule is Cc1cc(Br)c(NS(=O)(=O)CC(C)(C)C)cc1Cl. The van der Waals surface area contributed by atoms with Crippen molar-refractivity contribution in [2.75, 3.05) is 10.5 Å². The third kappa shape index (κ3) is 4.78. The smallest absolute Gasteiger partial charge is 0.233 e. The van der Waals surface area contributed by atoms with Crippen molar-refractivity contribution in [2.45, 2.75) is 27.7 Å². The van der Waals surface area contributed by atoms with Crippen LogP contribution in [0.15, 0.2) is 16.6 Å². The molecule has 0 saturated carbocycles. The summed E-state index contributed by atoms with van der Waals surface area (Å²) in [5.74, 6) is 0.0535. The summed E-state index contributed by atoms with van der Waals surface area (Å²) < 4.78 is 27.2. The average molecular weight is 355 g/mol. The van der Waals surface area contributed by atoms with Gasteiger partial charge in [0, 0.05) is 9.50 Å². The number of halogens is 2. The van der Waals surface area contributed by atoms with Gasteiger partial charge in [-0.1, -0.05) is 32.4 Å². The van der Waals surface area contributed by atoms with Gasteiger partial charge in [-0.25, -0.2) is 8.42 Å². The van der Waals surface area contributed by atoms with E-state index in [-0.39, 0.29) is 11.2 Å². The standard InChI is InChI=1S/C12H17BrClNO2S/c1-8-5-9(13)11(6-10(8)14)15-18(16,17)7-12(2,3)4/h5-6,15H,7H2,1-4H3. The number of hydrogen-bond donors (Lipinski definition) is 1. The van der Waals surface area contributed by atoms with Crippen LogP contribution < -0.4 is 4.72 Å². The fourth-order valence-electron chi connectivity index (χ4n) is 1.50. The minimum absolute atomic E-state index is 0.0535. The Morgan fingerprint density at radius 2 is 1.89 bits per heavy atom. The van der Waals surface area contributed by atoms with Gasteiger partial charge in [0.1, 0.15) is 0 Å². The van der Waals surface area contributed by atoms with Crippen LogP contribution in [0, 0.1) is 12.3 Å². The van der Waals surface area contributed by atoms with Crippen molar-refractivity contribution in [2.24, 2.45) is 5.41 Å². The minimum atomic E-state index is -3.38. The molecule has 18 heavy (non-hydrogen) atoms. The first-order chi connectivity index (χ1) is 8.00. The highest BCUT2D eigenvalue weighted by atomic mass is 79.9. The summed E-state index contributed by atoms with van der Waals surface area (Å²) in [4.78, 5) is 0. The second-order valence-corrected chi connectivity index (χ2v) is 8.49. The topological polar surface area (TPSA) is 46.2 Å². The first kappa shape index (κ1) is 15.8. The first-order valence-corrected chi connectivity index (χ1v) is 8.29. The number of aryl methyl sites for hydroxylation is 1. The second-order valence-electron chi connectivity index (χ2n) is 5.50. The lowest BCUT2D eigenvalue weighted by Gasteiger charge is -2.19. The monoisotopic (exact) mass is 353 g/mol. The van der Waals surface area contributed by atoms with Crippen LogP contribution in [0.25, 0.3) is 0 Å². The van der Waals surface area contributed by atoms with E-state index in [9.17, 15) is 8.42 Å². The van der Waals surface area contributed by atoms with Gasteiger partial charge >= 0.3 is 0 Å². The number of nitrogens with one attached hydrogen (secondary N) is 1. The molecule has 102 valence electrons. The quantitative estimate of drug-likeness (QED) is 0.884. The van der Waals surface area contributed by atoms with Crippen LogP contribution in [0.3, 0.4) is 0 Å². The van der Waals surface area contributed by atoms with Crippen molar-refractivity contribution in [1.29, 1.82) is 0 Å². The van der Waals surface area contributed by atoms with Gasteiger partial charge in [-0.3, -0.25) is 4.72 Å². The molecule has 0 bridgehead atoms. The molecule has 0 aliphatic heterocycles. The highest BCUT2D eigenvalue weighted by Crippen LogP contribution is 2.30. The van der Waals surface area contributed by atoms with Crippen molar-refractivity contribution >= 4 is 43.2 Å². The van der Waals surface area contributed by atoms with E-state index < -0.39 is 10.0 Å². The fourth-order valence-corrected chi connectivity index (χ4v) is 4.07. The molecular formula is C12H17BrClNO2S. The highest BCUT2D eigenvalue weighted by molar-refractivity contribution is 9.10. The molecule has 3 nitrogen and oxygen atoms in total. The molecule has 0 fully saturated rings. The molecule has 0 aromatic heterocycles. The van der Waals surface area contributed by atoms with E-state index >= 15 is 0 Å². The zero-order valence-corrected chi connectivity index (χ0v) is 14.0. The Balaban J connectivity index is 3.02. The molecule has 1 aromatic rings. The van der Waals surface area contributed by atoms with E-state index in [2.05, 4.69) is 20.7 Å². The maximum absolute atomic E-state index is 12.0. The molecule has 1 aromatic carbocycles. The third-order valence-electron chi connectivity index (χ3n) is 2.14. The number of anilines is 1. The highest BCUT2D eigenvalue weighted by Gasteiger charge is 2.22. The van der Waals surface area contributed by atoms with E-state index in [1.165, 1.54) is 0 Å². The van der Waals surface area contributed by atoms with E-state index in [4.69, 9.17) is 11.6 Å². The molecule has 0 radical (unpaired) electrons. The van der Waals surface area contributed by atoms with Crippen LogP contribution in [0.1, 0.15) is 26.3 Å². The van der Waals surface area contributed by atoms with E-state index in [0.29, 0.717) is 15.2 Å². The summed E-state index contributed by atoms with van der Waals surface area (Å²) in [5.41, 5.74) is 1.06. The summed E-state index contributed by atoms with van der Waals surface area (Å²) in [6, 6.07) is 3.40. The molecule has 0 saturated heterocycles. The predicted octanol–water partition coefficient (Wildman–Crippen LogP) is 4.20. The predicted molar refractivity (Wildman–Crippen MR) is 80.8 cm³/mol. The van der Waals surface area contributed by atoms with Crippen LogP contribution in [0.5, 0.6) is 0 Å². The van der Waals surface area contributed by atoms with E-state index in [1.807, 2.05) is 27.7 Å². The number of benzene rings is 1. The molecule has 0 unspecified atom stereocenters. The normalized spacial score (nSPS) is 12.6. The largest absolute Gasteiger partial charge is 0.282 e. The van der Waals surface area contributed by atoms with E-state index in [0.717, 1.165) is 5.56 Å². The van der Waals surface area contributed by atoms with Gasteiger partial charge in [-0.15, -0.1) is 0 Å². The molecule has 6 heteroatoms. The lowest BCUT2D eigenvalue weighted by molar-refractivity contribution is 0.463. The zero-order valence-electron chi connectivity index (χ0n) is 10.8. The average Bonchev–Trinajstić information content (AvgIpc) is 2.09. The molecule has 1 rings (SSSR count). The molecule has 0 aliphatic carbocycles. The number of hydrogen-bond acceptors (Lipinski definition) is 2. The Labute approximate surface area is 122 Å². The fraction of sp³-hybridized carbons (Fsp3) is 0.500. The van der Waals surface area contributed by atoms with Crippen LogP contribution in [0.4, 0.5) is 5.69 Å². The van der Waals surface area contributed by atoms with Gasteiger partial charge in [0.2, 0.25) is 10.0 Å². The number of rotatable bonds is 3. The van der Waals surface area contributed by atoms with Crippen molar-refractivity contribution in [3.05, 3.63) is 27.2 Å². The summed E-state index contributed by atoms with van der Waals surface area (Å²) >= 11 is 9.32.